The van der Waals surface area contributed by atoms with E-state index in [0.717, 1.165) is 25.6 Å². The first kappa shape index (κ1) is 22.5. The van der Waals surface area contributed by atoms with Crippen molar-refractivity contribution in [3.05, 3.63) is 23.9 Å². The number of pyridine rings is 1. The number of alkyl halides is 3. The van der Waals surface area contributed by atoms with Gasteiger partial charge in [-0.3, -0.25) is 4.79 Å². The minimum Gasteiger partial charge on any atom is -0.476 e. The molecule has 1 aromatic rings. The van der Waals surface area contributed by atoms with Crippen molar-refractivity contribution in [1.82, 2.24) is 15.2 Å². The third kappa shape index (κ3) is 5.59. The maximum atomic E-state index is 13.1. The lowest BCUT2D eigenvalue weighted by atomic mass is 9.82. The van der Waals surface area contributed by atoms with E-state index in [1.807, 2.05) is 0 Å². The lowest BCUT2D eigenvalue weighted by Gasteiger charge is -2.40. The van der Waals surface area contributed by atoms with Crippen molar-refractivity contribution in [2.75, 3.05) is 26.7 Å². The molecule has 1 aliphatic rings. The molecule has 0 aromatic carbocycles. The Kier molecular flexibility index (Phi) is 6.96. The molecule has 1 fully saturated rings. The zero-order valence-corrected chi connectivity index (χ0v) is 17.1. The monoisotopic (exact) mass is 401 g/mol. The van der Waals surface area contributed by atoms with Crippen molar-refractivity contribution in [1.29, 1.82) is 0 Å². The normalized spacial score (nSPS) is 21.6. The van der Waals surface area contributed by atoms with Crippen LogP contribution in [-0.4, -0.2) is 48.6 Å². The van der Waals surface area contributed by atoms with Crippen molar-refractivity contribution < 1.29 is 22.7 Å². The highest BCUT2D eigenvalue weighted by Gasteiger charge is 2.38. The first-order valence-corrected chi connectivity index (χ1v) is 9.56. The van der Waals surface area contributed by atoms with Crippen LogP contribution in [0.25, 0.3) is 0 Å². The average Bonchev–Trinajstić information content (AvgIpc) is 2.60. The van der Waals surface area contributed by atoms with Gasteiger partial charge in [-0.25, -0.2) is 4.98 Å². The second-order valence-electron chi connectivity index (χ2n) is 8.57. The van der Waals surface area contributed by atoms with E-state index in [-0.39, 0.29) is 18.6 Å². The van der Waals surface area contributed by atoms with Gasteiger partial charge in [0, 0.05) is 18.8 Å². The summed E-state index contributed by atoms with van der Waals surface area (Å²) in [5.74, 6) is 0.00901. The lowest BCUT2D eigenvalue weighted by Crippen LogP contribution is -2.54. The molecule has 1 saturated heterocycles. The number of hydrogen-bond acceptors (Lipinski definition) is 4. The van der Waals surface area contributed by atoms with E-state index in [1.165, 1.54) is 12.3 Å². The molecule has 28 heavy (non-hydrogen) atoms. The van der Waals surface area contributed by atoms with Gasteiger partial charge in [0.05, 0.1) is 5.41 Å². The Morgan fingerprint density at radius 1 is 1.39 bits per heavy atom. The van der Waals surface area contributed by atoms with Gasteiger partial charge in [-0.2, -0.15) is 13.2 Å². The Morgan fingerprint density at radius 2 is 2.07 bits per heavy atom. The molecule has 0 unspecified atom stereocenters. The van der Waals surface area contributed by atoms with Crippen LogP contribution in [0.3, 0.4) is 0 Å². The topological polar surface area (TPSA) is 54.5 Å². The van der Waals surface area contributed by atoms with Gasteiger partial charge in [0.25, 0.3) is 0 Å². The number of halogens is 3. The molecule has 158 valence electrons. The predicted molar refractivity (Wildman–Crippen MR) is 101 cm³/mol. The number of carbonyl (C=O) groups is 1. The Hall–Kier alpha value is -1.83. The second kappa shape index (κ2) is 8.68. The molecule has 2 atom stereocenters. The van der Waals surface area contributed by atoms with Gasteiger partial charge in [0.1, 0.15) is 12.2 Å². The van der Waals surface area contributed by atoms with E-state index in [1.54, 1.807) is 13.8 Å². The highest BCUT2D eigenvalue weighted by molar-refractivity contribution is 5.82. The van der Waals surface area contributed by atoms with Gasteiger partial charge in [-0.05, 0) is 57.8 Å². The molecule has 0 aliphatic carbocycles. The largest absolute Gasteiger partial charge is 0.476 e. The fourth-order valence-corrected chi connectivity index (χ4v) is 3.41. The molecule has 0 spiro atoms. The van der Waals surface area contributed by atoms with E-state index in [9.17, 15) is 18.0 Å². The van der Waals surface area contributed by atoms with E-state index in [2.05, 4.69) is 36.1 Å². The van der Waals surface area contributed by atoms with Gasteiger partial charge in [-0.1, -0.05) is 13.8 Å². The summed E-state index contributed by atoms with van der Waals surface area (Å²) in [5.41, 5.74) is -1.94. The van der Waals surface area contributed by atoms with E-state index in [4.69, 9.17) is 4.74 Å². The third-order valence-corrected chi connectivity index (χ3v) is 5.29. The molecule has 0 saturated carbocycles. The average molecular weight is 401 g/mol. The van der Waals surface area contributed by atoms with Crippen molar-refractivity contribution in [3.63, 3.8) is 0 Å². The number of nitrogens with zero attached hydrogens (tertiary/aromatic N) is 2. The molecule has 0 bridgehead atoms. The predicted octanol–water partition coefficient (Wildman–Crippen LogP) is 3.60. The Bertz CT molecular complexity index is 677. The number of ether oxygens (including phenoxy) is 1. The highest BCUT2D eigenvalue weighted by atomic mass is 19.4. The first-order chi connectivity index (χ1) is 12.9. The van der Waals surface area contributed by atoms with Crippen LogP contribution in [0.1, 0.15) is 39.7 Å². The summed E-state index contributed by atoms with van der Waals surface area (Å²) < 4.78 is 44.6. The van der Waals surface area contributed by atoms with Crippen molar-refractivity contribution in [2.45, 2.75) is 46.3 Å². The fourth-order valence-electron chi connectivity index (χ4n) is 3.41. The fraction of sp³-hybridized carbons (Fsp3) is 0.700. The number of piperidine rings is 1. The number of carbonyl (C=O) groups excluding carboxylic acids is 1. The summed E-state index contributed by atoms with van der Waals surface area (Å²) in [6.45, 7) is 9.21. The molecule has 1 aromatic heterocycles. The van der Waals surface area contributed by atoms with Crippen LogP contribution in [-0.2, 0) is 11.0 Å². The SMILES string of the molecule is CC(C)[C@@H]1CN(C)CC[C@H]1NC(=O)C(C)(C)COc1ncccc1C(F)(F)F. The van der Waals surface area contributed by atoms with Gasteiger partial charge < -0.3 is 15.0 Å². The van der Waals surface area contributed by atoms with Crippen LogP contribution in [0.5, 0.6) is 5.88 Å². The first-order valence-electron chi connectivity index (χ1n) is 9.56. The van der Waals surface area contributed by atoms with E-state index >= 15 is 0 Å². The van der Waals surface area contributed by atoms with Crippen LogP contribution in [0.15, 0.2) is 18.3 Å². The van der Waals surface area contributed by atoms with Crippen molar-refractivity contribution >= 4 is 5.91 Å². The summed E-state index contributed by atoms with van der Waals surface area (Å²) in [6.07, 6.45) is -2.47. The molecule has 1 aliphatic heterocycles. The molecule has 1 N–H and O–H groups in total. The van der Waals surface area contributed by atoms with Crippen molar-refractivity contribution in [2.24, 2.45) is 17.3 Å². The van der Waals surface area contributed by atoms with Gasteiger partial charge >= 0.3 is 6.18 Å². The van der Waals surface area contributed by atoms with Crippen LogP contribution >= 0.6 is 0 Å². The number of rotatable bonds is 6. The quantitative estimate of drug-likeness (QED) is 0.791. The summed E-state index contributed by atoms with van der Waals surface area (Å²) in [7, 11) is 2.07. The maximum Gasteiger partial charge on any atom is 0.421 e. The molecule has 8 heteroatoms. The smallest absolute Gasteiger partial charge is 0.421 e. The standard InChI is InChI=1S/C20H30F3N3O2/c1-13(2)14-11-26(5)10-8-16(14)25-18(27)19(3,4)12-28-17-15(20(21,22)23)7-6-9-24-17/h6-7,9,13-14,16H,8,10-12H2,1-5H3,(H,25,27)/t14-,16+/m0/s1. The summed E-state index contributed by atoms with van der Waals surface area (Å²) in [4.78, 5) is 18.8. The lowest BCUT2D eigenvalue weighted by molar-refractivity contribution is -0.139. The van der Waals surface area contributed by atoms with E-state index < -0.39 is 23.0 Å². The van der Waals surface area contributed by atoms with Crippen molar-refractivity contribution in [3.8, 4) is 5.88 Å². The number of amides is 1. The number of nitrogens with one attached hydrogen (secondary N) is 1. The summed E-state index contributed by atoms with van der Waals surface area (Å²) >= 11 is 0. The molecule has 1 amide bonds. The second-order valence-corrected chi connectivity index (χ2v) is 8.57. The minimum atomic E-state index is -4.56. The number of likely N-dealkylation sites (tertiary alicyclic amines) is 1. The maximum absolute atomic E-state index is 13.1. The minimum absolute atomic E-state index is 0.0450. The van der Waals surface area contributed by atoms with E-state index in [0.29, 0.717) is 11.8 Å². The molecular formula is C20H30F3N3O2. The number of aromatic nitrogens is 1. The van der Waals surface area contributed by atoms with Crippen LogP contribution in [0.2, 0.25) is 0 Å². The zero-order valence-electron chi connectivity index (χ0n) is 17.1. The molecule has 2 rings (SSSR count). The third-order valence-electron chi connectivity index (χ3n) is 5.29. The zero-order chi connectivity index (χ0) is 21.1. The van der Waals surface area contributed by atoms with Gasteiger partial charge in [0.15, 0.2) is 0 Å². The summed E-state index contributed by atoms with van der Waals surface area (Å²) in [6, 6.07) is 2.17. The van der Waals surface area contributed by atoms with Crippen LogP contribution in [0, 0.1) is 17.3 Å². The van der Waals surface area contributed by atoms with Gasteiger partial charge in [-0.15, -0.1) is 0 Å². The number of hydrogen-bond donors (Lipinski definition) is 1. The molecule has 2 heterocycles. The molecule has 5 nitrogen and oxygen atoms in total. The van der Waals surface area contributed by atoms with Crippen LogP contribution in [0.4, 0.5) is 13.2 Å². The molecular weight excluding hydrogens is 371 g/mol. The van der Waals surface area contributed by atoms with Gasteiger partial charge in [0.2, 0.25) is 11.8 Å². The molecule has 0 radical (unpaired) electrons. The Labute approximate surface area is 164 Å². The highest BCUT2D eigenvalue weighted by Crippen LogP contribution is 2.35. The Morgan fingerprint density at radius 3 is 2.68 bits per heavy atom. The summed E-state index contributed by atoms with van der Waals surface area (Å²) in [5, 5.41) is 3.10. The van der Waals surface area contributed by atoms with Crippen LogP contribution < -0.4 is 10.1 Å². The Balaban J connectivity index is 2.04.